The fourth-order valence-corrected chi connectivity index (χ4v) is 3.63. The number of aryl methyl sites for hydroxylation is 1. The summed E-state index contributed by atoms with van der Waals surface area (Å²) in [5.41, 5.74) is 2.89. The summed E-state index contributed by atoms with van der Waals surface area (Å²) in [4.78, 5) is 17.3. The van der Waals surface area contributed by atoms with E-state index in [4.69, 9.17) is 9.47 Å². The number of halogens is 1. The number of hydrogen-bond acceptors (Lipinski definition) is 4. The van der Waals surface area contributed by atoms with Crippen LogP contribution in [0.3, 0.4) is 0 Å². The third kappa shape index (κ3) is 7.04. The molecule has 1 atom stereocenters. The molecule has 0 saturated heterocycles. The molecule has 31 heavy (non-hydrogen) atoms. The Morgan fingerprint density at radius 2 is 1.87 bits per heavy atom. The van der Waals surface area contributed by atoms with Crippen LogP contribution in [-0.2, 0) is 11.2 Å². The van der Waals surface area contributed by atoms with Crippen LogP contribution in [-0.4, -0.2) is 23.6 Å². The quantitative estimate of drug-likeness (QED) is 0.326. The highest BCUT2D eigenvalue weighted by molar-refractivity contribution is 14.1. The molecule has 5 nitrogen and oxygen atoms in total. The number of ether oxygens (including phenoxy) is 2. The van der Waals surface area contributed by atoms with Gasteiger partial charge in [0.2, 0.25) is 0 Å². The average molecular weight is 530 g/mol. The second kappa shape index (κ2) is 11.2. The van der Waals surface area contributed by atoms with Crippen molar-refractivity contribution in [3.8, 4) is 11.5 Å². The molecule has 1 heterocycles. The molecule has 1 aromatic heterocycles. The summed E-state index contributed by atoms with van der Waals surface area (Å²) in [7, 11) is 0. The molecule has 0 saturated carbocycles. The van der Waals surface area contributed by atoms with Gasteiger partial charge in [0.05, 0.1) is 17.4 Å². The van der Waals surface area contributed by atoms with Crippen molar-refractivity contribution in [1.82, 2.24) is 4.98 Å². The van der Waals surface area contributed by atoms with Crippen molar-refractivity contribution < 1.29 is 14.3 Å². The van der Waals surface area contributed by atoms with Gasteiger partial charge in [-0.05, 0) is 97.5 Å². The fraction of sp³-hybridized carbons (Fsp3) is 0.280. The van der Waals surface area contributed by atoms with E-state index < -0.39 is 0 Å². The topological polar surface area (TPSA) is 60.5 Å². The number of pyridine rings is 1. The predicted molar refractivity (Wildman–Crippen MR) is 132 cm³/mol. The van der Waals surface area contributed by atoms with Crippen molar-refractivity contribution in [1.29, 1.82) is 0 Å². The first-order chi connectivity index (χ1) is 14.9. The molecule has 0 fully saturated rings. The van der Waals surface area contributed by atoms with Gasteiger partial charge in [0.15, 0.2) is 0 Å². The Balaban J connectivity index is 1.60. The third-order valence-corrected chi connectivity index (χ3v) is 5.31. The molecule has 3 rings (SSSR count). The zero-order chi connectivity index (χ0) is 22.2. The van der Waals surface area contributed by atoms with E-state index in [-0.39, 0.29) is 12.0 Å². The molecule has 1 amide bonds. The molecule has 0 aliphatic rings. The highest BCUT2D eigenvalue weighted by Crippen LogP contribution is 2.24. The van der Waals surface area contributed by atoms with Crippen molar-refractivity contribution in [2.75, 3.05) is 11.9 Å². The molecule has 6 heteroatoms. The number of rotatable bonds is 9. The lowest BCUT2D eigenvalue weighted by atomic mass is 10.1. The molecule has 1 unspecified atom stereocenters. The zero-order valence-corrected chi connectivity index (χ0v) is 20.2. The van der Waals surface area contributed by atoms with Crippen molar-refractivity contribution in [2.45, 2.75) is 39.7 Å². The zero-order valence-electron chi connectivity index (χ0n) is 18.0. The van der Waals surface area contributed by atoms with Gasteiger partial charge < -0.3 is 14.8 Å². The minimum atomic E-state index is -0.182. The molecule has 1 N–H and O–H groups in total. The lowest BCUT2D eigenvalue weighted by molar-refractivity contribution is 0.0663. The van der Waals surface area contributed by atoms with E-state index in [2.05, 4.69) is 39.8 Å². The lowest BCUT2D eigenvalue weighted by Crippen LogP contribution is -2.16. The van der Waals surface area contributed by atoms with Gasteiger partial charge in [0.25, 0.3) is 5.91 Å². The summed E-state index contributed by atoms with van der Waals surface area (Å²) in [6, 6.07) is 18.9. The van der Waals surface area contributed by atoms with Crippen molar-refractivity contribution in [3.05, 3.63) is 81.2 Å². The van der Waals surface area contributed by atoms with E-state index in [1.807, 2.05) is 74.5 Å². The van der Waals surface area contributed by atoms with Crippen LogP contribution in [0.5, 0.6) is 11.5 Å². The summed E-state index contributed by atoms with van der Waals surface area (Å²) in [5, 5.41) is 2.93. The number of anilines is 1. The minimum Gasteiger partial charge on any atom is -0.457 e. The Hall–Kier alpha value is -2.45. The van der Waals surface area contributed by atoms with Crippen LogP contribution in [0.25, 0.3) is 0 Å². The molecule has 2 aromatic carbocycles. The second-order valence-corrected chi connectivity index (χ2v) is 8.60. The number of amides is 1. The van der Waals surface area contributed by atoms with Gasteiger partial charge in [0, 0.05) is 28.0 Å². The maximum atomic E-state index is 12.7. The van der Waals surface area contributed by atoms with Gasteiger partial charge in [-0.2, -0.15) is 0 Å². The molecule has 0 aliphatic carbocycles. The van der Waals surface area contributed by atoms with E-state index in [0.717, 1.165) is 34.5 Å². The number of nitrogens with zero attached hydrogens (tertiary/aromatic N) is 1. The monoisotopic (exact) mass is 530 g/mol. The van der Waals surface area contributed by atoms with Crippen LogP contribution in [0.2, 0.25) is 0 Å². The van der Waals surface area contributed by atoms with E-state index in [0.29, 0.717) is 22.7 Å². The summed E-state index contributed by atoms with van der Waals surface area (Å²) in [6.07, 6.45) is 1.82. The standard InChI is InChI=1S/C25H27IN2O3/c1-4-14-30-17(2)15-21-10-13-24(18(3)27-21)25(29)28-20-8-11-22(12-9-20)31-23-7-5-6-19(26)16-23/h5-13,16-17H,4,14-15H2,1-3H3,(H,28,29). The largest absolute Gasteiger partial charge is 0.457 e. The van der Waals surface area contributed by atoms with E-state index >= 15 is 0 Å². The van der Waals surface area contributed by atoms with Gasteiger partial charge >= 0.3 is 0 Å². The van der Waals surface area contributed by atoms with Gasteiger partial charge in [0.1, 0.15) is 11.5 Å². The maximum Gasteiger partial charge on any atom is 0.257 e. The Bertz CT molecular complexity index is 1020. The van der Waals surface area contributed by atoms with Crippen LogP contribution < -0.4 is 10.1 Å². The molecule has 0 spiro atoms. The smallest absolute Gasteiger partial charge is 0.257 e. The fourth-order valence-electron chi connectivity index (χ4n) is 3.11. The Kier molecular flexibility index (Phi) is 8.43. The SMILES string of the molecule is CCCOC(C)Cc1ccc(C(=O)Nc2ccc(Oc3cccc(I)c3)cc2)c(C)n1. The molecule has 0 bridgehead atoms. The van der Waals surface area contributed by atoms with Gasteiger partial charge in [-0.1, -0.05) is 13.0 Å². The highest BCUT2D eigenvalue weighted by atomic mass is 127. The number of aromatic nitrogens is 1. The number of carbonyl (C=O) groups excluding carboxylic acids is 1. The third-order valence-electron chi connectivity index (χ3n) is 4.64. The van der Waals surface area contributed by atoms with Gasteiger partial charge in [-0.25, -0.2) is 0 Å². The Labute approximate surface area is 197 Å². The normalized spacial score (nSPS) is 11.7. The second-order valence-electron chi connectivity index (χ2n) is 7.36. The van der Waals surface area contributed by atoms with Gasteiger partial charge in [-0.15, -0.1) is 0 Å². The predicted octanol–water partition coefficient (Wildman–Crippen LogP) is 6.40. The number of benzene rings is 2. The minimum absolute atomic E-state index is 0.103. The van der Waals surface area contributed by atoms with Crippen molar-refractivity contribution in [3.63, 3.8) is 0 Å². The van der Waals surface area contributed by atoms with Gasteiger partial charge in [-0.3, -0.25) is 9.78 Å². The van der Waals surface area contributed by atoms with Crippen LogP contribution in [0, 0.1) is 10.5 Å². The first kappa shape index (κ1) is 23.2. The van der Waals surface area contributed by atoms with Crippen LogP contribution in [0.4, 0.5) is 5.69 Å². The summed E-state index contributed by atoms with van der Waals surface area (Å²) >= 11 is 2.25. The van der Waals surface area contributed by atoms with E-state index in [1.54, 1.807) is 0 Å². The molecular formula is C25H27IN2O3. The summed E-state index contributed by atoms with van der Waals surface area (Å²) < 4.78 is 12.7. The summed E-state index contributed by atoms with van der Waals surface area (Å²) in [6.45, 7) is 6.73. The van der Waals surface area contributed by atoms with Crippen molar-refractivity contribution in [2.24, 2.45) is 0 Å². The number of hydrogen-bond donors (Lipinski definition) is 1. The van der Waals surface area contributed by atoms with Crippen molar-refractivity contribution >= 4 is 34.2 Å². The Morgan fingerprint density at radius 1 is 1.10 bits per heavy atom. The average Bonchev–Trinajstić information content (AvgIpc) is 2.73. The molecule has 0 radical (unpaired) electrons. The summed E-state index contributed by atoms with van der Waals surface area (Å²) in [5.74, 6) is 1.31. The highest BCUT2D eigenvalue weighted by Gasteiger charge is 2.13. The molecule has 162 valence electrons. The number of carbonyl (C=O) groups is 1. The molecule has 0 aliphatic heterocycles. The number of nitrogens with one attached hydrogen (secondary N) is 1. The van der Waals surface area contributed by atoms with Crippen LogP contribution >= 0.6 is 22.6 Å². The van der Waals surface area contributed by atoms with E-state index in [9.17, 15) is 4.79 Å². The first-order valence-electron chi connectivity index (χ1n) is 10.4. The molecule has 3 aromatic rings. The lowest BCUT2D eigenvalue weighted by Gasteiger charge is -2.13. The van der Waals surface area contributed by atoms with Crippen LogP contribution in [0.1, 0.15) is 42.0 Å². The maximum absolute atomic E-state index is 12.7. The molecular weight excluding hydrogens is 503 g/mol. The van der Waals surface area contributed by atoms with E-state index in [1.165, 1.54) is 0 Å². The van der Waals surface area contributed by atoms with Crippen LogP contribution in [0.15, 0.2) is 60.7 Å². The first-order valence-corrected chi connectivity index (χ1v) is 11.5. The Morgan fingerprint density at radius 3 is 2.55 bits per heavy atom.